The van der Waals surface area contributed by atoms with Gasteiger partial charge in [-0.05, 0) is 74.2 Å². The first kappa shape index (κ1) is 20.2. The van der Waals surface area contributed by atoms with Crippen molar-refractivity contribution >= 4 is 11.6 Å². The van der Waals surface area contributed by atoms with Crippen molar-refractivity contribution in [2.24, 2.45) is 34.5 Å². The van der Waals surface area contributed by atoms with Crippen LogP contribution >= 0.6 is 0 Å². The van der Waals surface area contributed by atoms with Crippen LogP contribution in [0.15, 0.2) is 11.6 Å². The van der Waals surface area contributed by atoms with Crippen LogP contribution in [-0.4, -0.2) is 47.2 Å². The lowest BCUT2D eigenvalue weighted by molar-refractivity contribution is -0.143. The van der Waals surface area contributed by atoms with Crippen molar-refractivity contribution in [1.82, 2.24) is 0 Å². The minimum atomic E-state index is -0.808. The lowest BCUT2D eigenvalue weighted by Gasteiger charge is -2.57. The minimum absolute atomic E-state index is 0.00491. The lowest BCUT2D eigenvalue weighted by atomic mass is 9.47. The number of rotatable bonds is 4. The van der Waals surface area contributed by atoms with Crippen LogP contribution in [0.25, 0.3) is 0 Å². The number of aliphatic hydroxyl groups is 2. The fourth-order valence-electron chi connectivity index (χ4n) is 7.23. The molecule has 28 heavy (non-hydrogen) atoms. The van der Waals surface area contributed by atoms with Crippen molar-refractivity contribution in [3.8, 4) is 0 Å². The third-order valence-electron chi connectivity index (χ3n) is 8.76. The highest BCUT2D eigenvalue weighted by Crippen LogP contribution is 2.65. The second-order valence-corrected chi connectivity index (χ2v) is 10.1. The average Bonchev–Trinajstić information content (AvgIpc) is 2.99. The van der Waals surface area contributed by atoms with E-state index in [9.17, 15) is 19.8 Å². The summed E-state index contributed by atoms with van der Waals surface area (Å²) in [6, 6.07) is 0. The quantitative estimate of drug-likeness (QED) is 0.771. The van der Waals surface area contributed by atoms with Gasteiger partial charge >= 0.3 is 0 Å². The van der Waals surface area contributed by atoms with Crippen LogP contribution in [0.4, 0.5) is 0 Å². The standard InChI is InChI=1S/C23H34O5/c1-4-28-12-21(27)16-6-5-14-13-9-18(24)17-10-19(25)20(26)11-23(17,3)15(13)7-8-22(14,16)2/h9,14-17,19-20,25-26H,4-8,10-12H2,1-3H3. The fourth-order valence-corrected chi connectivity index (χ4v) is 7.23. The normalized spacial score (nSPS) is 47.8. The van der Waals surface area contributed by atoms with E-state index in [1.54, 1.807) is 0 Å². The Morgan fingerprint density at radius 3 is 2.54 bits per heavy atom. The summed E-state index contributed by atoms with van der Waals surface area (Å²) in [6.07, 6.45) is 4.85. The summed E-state index contributed by atoms with van der Waals surface area (Å²) < 4.78 is 5.39. The Bertz CT molecular complexity index is 699. The van der Waals surface area contributed by atoms with Gasteiger partial charge in [0.25, 0.3) is 0 Å². The summed E-state index contributed by atoms with van der Waals surface area (Å²) in [5.74, 6) is 0.621. The molecule has 0 amide bonds. The van der Waals surface area contributed by atoms with Crippen molar-refractivity contribution in [1.29, 1.82) is 0 Å². The van der Waals surface area contributed by atoms with E-state index in [0.29, 0.717) is 19.4 Å². The predicted molar refractivity (Wildman–Crippen MR) is 104 cm³/mol. The van der Waals surface area contributed by atoms with Gasteiger partial charge in [0.05, 0.1) is 12.2 Å². The first-order valence-electron chi connectivity index (χ1n) is 10.9. The molecule has 3 saturated carbocycles. The molecule has 3 fully saturated rings. The molecule has 0 aromatic rings. The Balaban J connectivity index is 1.64. The number of hydrogen-bond donors (Lipinski definition) is 2. The van der Waals surface area contributed by atoms with E-state index in [1.807, 2.05) is 13.0 Å². The molecule has 0 aliphatic heterocycles. The maximum absolute atomic E-state index is 13.0. The first-order valence-corrected chi connectivity index (χ1v) is 10.9. The van der Waals surface area contributed by atoms with E-state index >= 15 is 0 Å². The second-order valence-electron chi connectivity index (χ2n) is 10.1. The molecule has 5 heteroatoms. The summed E-state index contributed by atoms with van der Waals surface area (Å²) in [6.45, 7) is 7.01. The zero-order chi connectivity index (χ0) is 20.3. The topological polar surface area (TPSA) is 83.8 Å². The van der Waals surface area contributed by atoms with Gasteiger partial charge in [0.2, 0.25) is 0 Å². The van der Waals surface area contributed by atoms with E-state index in [4.69, 9.17) is 4.74 Å². The van der Waals surface area contributed by atoms with E-state index in [-0.39, 0.29) is 52.7 Å². The molecule has 0 bridgehead atoms. The number of hydrogen-bond acceptors (Lipinski definition) is 5. The SMILES string of the molecule is CCOCC(=O)C1CCC2C3=CC(=O)C4CC(O)C(O)CC4(C)C3CCC12C. The molecule has 8 atom stereocenters. The maximum Gasteiger partial charge on any atom is 0.162 e. The number of carbonyl (C=O) groups is 2. The molecule has 0 saturated heterocycles. The van der Waals surface area contributed by atoms with Crippen LogP contribution in [0, 0.1) is 34.5 Å². The lowest BCUT2D eigenvalue weighted by Crippen LogP contribution is -2.56. The van der Waals surface area contributed by atoms with Gasteiger partial charge in [-0.3, -0.25) is 9.59 Å². The van der Waals surface area contributed by atoms with Gasteiger partial charge in [0, 0.05) is 18.4 Å². The summed E-state index contributed by atoms with van der Waals surface area (Å²) in [7, 11) is 0. The van der Waals surface area contributed by atoms with Crippen molar-refractivity contribution in [2.45, 2.75) is 71.5 Å². The molecule has 2 N–H and O–H groups in total. The zero-order valence-electron chi connectivity index (χ0n) is 17.3. The Hall–Kier alpha value is -1.04. The van der Waals surface area contributed by atoms with Gasteiger partial charge in [-0.1, -0.05) is 19.4 Å². The molecule has 0 aromatic heterocycles. The van der Waals surface area contributed by atoms with Crippen molar-refractivity contribution in [3.63, 3.8) is 0 Å². The summed E-state index contributed by atoms with van der Waals surface area (Å²) in [5, 5.41) is 20.5. The molecule has 4 aliphatic rings. The molecule has 0 heterocycles. The van der Waals surface area contributed by atoms with Crippen molar-refractivity contribution < 1.29 is 24.5 Å². The fraction of sp³-hybridized carbons (Fsp3) is 0.826. The Labute approximate surface area is 167 Å². The first-order chi connectivity index (χ1) is 13.2. The summed E-state index contributed by atoms with van der Waals surface area (Å²) in [4.78, 5) is 25.8. The highest BCUT2D eigenvalue weighted by Gasteiger charge is 2.61. The molecular formula is C23H34O5. The second kappa shape index (κ2) is 7.03. The molecule has 0 radical (unpaired) electrons. The number of ether oxygens (including phenoxy) is 1. The van der Waals surface area contributed by atoms with Crippen LogP contribution in [0.3, 0.4) is 0 Å². The van der Waals surface area contributed by atoms with E-state index in [1.165, 1.54) is 5.57 Å². The third kappa shape index (κ3) is 2.85. The minimum Gasteiger partial charge on any atom is -0.390 e. The summed E-state index contributed by atoms with van der Waals surface area (Å²) >= 11 is 0. The van der Waals surface area contributed by atoms with Crippen LogP contribution < -0.4 is 0 Å². The molecule has 0 aromatic carbocycles. The van der Waals surface area contributed by atoms with Crippen molar-refractivity contribution in [3.05, 3.63) is 11.6 Å². The van der Waals surface area contributed by atoms with Gasteiger partial charge in [-0.2, -0.15) is 0 Å². The molecule has 5 nitrogen and oxygen atoms in total. The molecular weight excluding hydrogens is 356 g/mol. The number of aliphatic hydroxyl groups excluding tert-OH is 2. The Morgan fingerprint density at radius 1 is 1.11 bits per heavy atom. The highest BCUT2D eigenvalue weighted by atomic mass is 16.5. The van der Waals surface area contributed by atoms with E-state index in [0.717, 1.165) is 25.7 Å². The molecule has 0 spiro atoms. The van der Waals surface area contributed by atoms with Crippen molar-refractivity contribution in [2.75, 3.05) is 13.2 Å². The number of allylic oxidation sites excluding steroid dienone is 2. The van der Waals surface area contributed by atoms with Crippen LogP contribution in [0.5, 0.6) is 0 Å². The highest BCUT2D eigenvalue weighted by molar-refractivity contribution is 5.94. The molecule has 156 valence electrons. The van der Waals surface area contributed by atoms with Crippen LogP contribution in [0.2, 0.25) is 0 Å². The monoisotopic (exact) mass is 390 g/mol. The maximum atomic E-state index is 13.0. The third-order valence-corrected chi connectivity index (χ3v) is 8.76. The Kier molecular flexibility index (Phi) is 5.08. The van der Waals surface area contributed by atoms with E-state index in [2.05, 4.69) is 13.8 Å². The van der Waals surface area contributed by atoms with Gasteiger partial charge in [-0.25, -0.2) is 0 Å². The molecule has 4 aliphatic carbocycles. The number of fused-ring (bicyclic) bond motifs is 5. The van der Waals surface area contributed by atoms with Gasteiger partial charge in [-0.15, -0.1) is 0 Å². The largest absolute Gasteiger partial charge is 0.390 e. The molecule has 4 rings (SSSR count). The van der Waals surface area contributed by atoms with E-state index < -0.39 is 12.2 Å². The van der Waals surface area contributed by atoms with Gasteiger partial charge < -0.3 is 14.9 Å². The average molecular weight is 391 g/mol. The predicted octanol–water partition coefficient (Wildman–Crippen LogP) is 2.68. The van der Waals surface area contributed by atoms with Gasteiger partial charge in [0.15, 0.2) is 11.6 Å². The smallest absolute Gasteiger partial charge is 0.162 e. The zero-order valence-corrected chi connectivity index (χ0v) is 17.3. The van der Waals surface area contributed by atoms with Gasteiger partial charge in [0.1, 0.15) is 6.61 Å². The van der Waals surface area contributed by atoms with Crippen LogP contribution in [-0.2, 0) is 14.3 Å². The number of Topliss-reactive ketones (excluding diaryl/α,β-unsaturated/α-hetero) is 1. The number of carbonyl (C=O) groups excluding carboxylic acids is 2. The molecule has 8 unspecified atom stereocenters. The summed E-state index contributed by atoms with van der Waals surface area (Å²) in [5.41, 5.74) is 0.814. The van der Waals surface area contributed by atoms with Crippen LogP contribution in [0.1, 0.15) is 59.3 Å². The Morgan fingerprint density at radius 2 is 1.82 bits per heavy atom. The number of ketones is 2.